The van der Waals surface area contributed by atoms with E-state index in [2.05, 4.69) is 5.73 Å². The highest BCUT2D eigenvalue weighted by atomic mass is 32.1. The number of aliphatic hydroxyl groups excluding tert-OH is 1. The van der Waals surface area contributed by atoms with E-state index in [4.69, 9.17) is 5.11 Å². The number of carbonyl (C=O) groups is 1. The number of thiol groups is 1. The molecule has 3 N–H and O–H groups in total. The number of carbonyl (C=O) groups excluding carboxylic acids is 1. The van der Waals surface area contributed by atoms with Crippen LogP contribution in [0.15, 0.2) is 0 Å². The molecule has 0 aromatic carbocycles. The van der Waals surface area contributed by atoms with E-state index >= 15 is 0 Å². The van der Waals surface area contributed by atoms with Gasteiger partial charge in [0.15, 0.2) is 0 Å². The van der Waals surface area contributed by atoms with Gasteiger partial charge >= 0.3 is 0 Å². The number of primary amides is 1. The van der Waals surface area contributed by atoms with Crippen molar-refractivity contribution < 1.29 is 9.90 Å². The fourth-order valence-corrected chi connectivity index (χ4v) is 0.171. The second kappa shape index (κ2) is 2.87. The zero-order chi connectivity index (χ0) is 4.99. The third-order valence-corrected chi connectivity index (χ3v) is 0.555. The van der Waals surface area contributed by atoms with Gasteiger partial charge < -0.3 is 10.8 Å². The van der Waals surface area contributed by atoms with Crippen LogP contribution in [0.5, 0.6) is 0 Å². The van der Waals surface area contributed by atoms with Crippen molar-refractivity contribution in [3.8, 4) is 0 Å². The molecule has 0 heterocycles. The minimum Gasteiger partial charge on any atom is -0.362 e. The van der Waals surface area contributed by atoms with Gasteiger partial charge in [-0.25, -0.2) is 0 Å². The molecule has 36 valence electrons. The molecule has 6 heavy (non-hydrogen) atoms. The number of amides is 1. The SMILES string of the molecule is NC(=O)[SH]=CO. The molecule has 0 aromatic heterocycles. The maximum Gasteiger partial charge on any atom is 0.269 e. The Balaban J connectivity index is 3.30. The molecule has 1 amide bonds. The van der Waals surface area contributed by atoms with Crippen LogP contribution in [-0.4, -0.2) is 15.9 Å². The minimum atomic E-state index is -0.544. The van der Waals surface area contributed by atoms with Gasteiger partial charge in [-0.3, -0.25) is 4.79 Å². The lowest BCUT2D eigenvalue weighted by Gasteiger charge is -1.71. The molecule has 3 nitrogen and oxygen atoms in total. The van der Waals surface area contributed by atoms with E-state index in [0.29, 0.717) is 5.55 Å². The summed E-state index contributed by atoms with van der Waals surface area (Å²) in [5, 5.41) is 7.25. The topological polar surface area (TPSA) is 63.3 Å². The molecule has 0 aliphatic rings. The number of hydrogen-bond acceptors (Lipinski definition) is 1. The number of rotatable bonds is 0. The molecule has 4 heteroatoms. The Hall–Kier alpha value is -0.350. The summed E-state index contributed by atoms with van der Waals surface area (Å²) < 4.78 is 0. The molecule has 0 aliphatic carbocycles. The van der Waals surface area contributed by atoms with Gasteiger partial charge in [0.1, 0.15) is 0 Å². The Morgan fingerprint density at radius 1 is 2.00 bits per heavy atom. The molecular formula is C2H5NO2S. The van der Waals surface area contributed by atoms with Crippen molar-refractivity contribution in [3.05, 3.63) is 0 Å². The highest BCUT2D eigenvalue weighted by Gasteiger charge is 1.72. The van der Waals surface area contributed by atoms with Crippen LogP contribution >= 0.6 is 11.4 Å². The zero-order valence-corrected chi connectivity index (χ0v) is 3.85. The molecule has 0 unspecified atom stereocenters. The molecule has 0 fully saturated rings. The molecule has 0 radical (unpaired) electrons. The first-order valence-electron chi connectivity index (χ1n) is 1.23. The summed E-state index contributed by atoms with van der Waals surface area (Å²) in [6.45, 7) is 0. The van der Waals surface area contributed by atoms with Crippen LogP contribution < -0.4 is 5.73 Å². The Morgan fingerprint density at radius 2 is 2.50 bits per heavy atom. The van der Waals surface area contributed by atoms with Crippen LogP contribution in [0.1, 0.15) is 0 Å². The van der Waals surface area contributed by atoms with Gasteiger partial charge in [-0.05, 0) is 0 Å². The molecule has 0 saturated heterocycles. The van der Waals surface area contributed by atoms with Crippen LogP contribution in [0.2, 0.25) is 0 Å². The van der Waals surface area contributed by atoms with Crippen molar-refractivity contribution >= 4 is 22.1 Å². The van der Waals surface area contributed by atoms with Crippen LogP contribution in [0, 0.1) is 0 Å². The van der Waals surface area contributed by atoms with Crippen molar-refractivity contribution in [1.82, 2.24) is 0 Å². The first-order chi connectivity index (χ1) is 2.77. The molecule has 0 spiro atoms. The Labute approximate surface area is 38.7 Å². The maximum atomic E-state index is 9.62. The van der Waals surface area contributed by atoms with Gasteiger partial charge in [0, 0.05) is 0 Å². The van der Waals surface area contributed by atoms with E-state index in [1.807, 2.05) is 0 Å². The monoisotopic (exact) mass is 107 g/mol. The number of nitrogens with two attached hydrogens (primary N) is 1. The van der Waals surface area contributed by atoms with Crippen LogP contribution in [0.25, 0.3) is 0 Å². The Bertz CT molecular complexity index is 79.6. The fourth-order valence-electron chi connectivity index (χ4n) is 0.0569. The lowest BCUT2D eigenvalue weighted by atomic mass is 11.5. The maximum absolute atomic E-state index is 9.62. The van der Waals surface area contributed by atoms with Gasteiger partial charge in [0.05, 0.1) is 5.55 Å². The van der Waals surface area contributed by atoms with Gasteiger partial charge in [-0.15, -0.1) is 0 Å². The van der Waals surface area contributed by atoms with E-state index in [9.17, 15) is 4.79 Å². The lowest BCUT2D eigenvalue weighted by Crippen LogP contribution is -1.98. The Morgan fingerprint density at radius 3 is 2.50 bits per heavy atom. The van der Waals surface area contributed by atoms with E-state index in [-0.39, 0.29) is 11.4 Å². The quantitative estimate of drug-likeness (QED) is 0.298. The van der Waals surface area contributed by atoms with Crippen molar-refractivity contribution in [2.75, 3.05) is 0 Å². The Kier molecular flexibility index (Phi) is 2.70. The van der Waals surface area contributed by atoms with Crippen molar-refractivity contribution in [3.63, 3.8) is 0 Å². The highest BCUT2D eigenvalue weighted by molar-refractivity contribution is 8.11. The average molecular weight is 107 g/mol. The van der Waals surface area contributed by atoms with Gasteiger partial charge in [-0.2, -0.15) is 0 Å². The number of hydrogen-bond donors (Lipinski definition) is 3. The van der Waals surface area contributed by atoms with Gasteiger partial charge in [0.2, 0.25) is 0 Å². The molecular weight excluding hydrogens is 102 g/mol. The molecule has 0 saturated carbocycles. The largest absolute Gasteiger partial charge is 0.362 e. The number of aliphatic hydroxyl groups is 1. The highest BCUT2D eigenvalue weighted by Crippen LogP contribution is 1.76. The fraction of sp³-hybridized carbons (Fsp3) is 0. The summed E-state index contributed by atoms with van der Waals surface area (Å²) in [6, 6.07) is 0. The van der Waals surface area contributed by atoms with Crippen LogP contribution in [0.3, 0.4) is 0 Å². The van der Waals surface area contributed by atoms with Crippen LogP contribution in [0.4, 0.5) is 4.79 Å². The molecule has 0 rings (SSSR count). The predicted octanol–water partition coefficient (Wildman–Crippen LogP) is -0.152. The first kappa shape index (κ1) is 5.65. The standard InChI is InChI=1S/C2H5NO2S/c3-2(5)6-1-4/h1,4,6H,(H2,3,5). The van der Waals surface area contributed by atoms with Crippen molar-refractivity contribution in [1.29, 1.82) is 0 Å². The third kappa shape index (κ3) is 3.65. The normalized spacial score (nSPS) is 10.8. The van der Waals surface area contributed by atoms with E-state index in [1.165, 1.54) is 0 Å². The van der Waals surface area contributed by atoms with E-state index < -0.39 is 5.24 Å². The van der Waals surface area contributed by atoms with E-state index in [0.717, 1.165) is 0 Å². The zero-order valence-electron chi connectivity index (χ0n) is 2.96. The van der Waals surface area contributed by atoms with Crippen LogP contribution in [-0.2, 0) is 0 Å². The van der Waals surface area contributed by atoms with Gasteiger partial charge in [0.25, 0.3) is 5.24 Å². The smallest absolute Gasteiger partial charge is 0.269 e. The molecule has 0 aromatic rings. The first-order valence-corrected chi connectivity index (χ1v) is 2.20. The summed E-state index contributed by atoms with van der Waals surface area (Å²) in [5.41, 5.74) is 5.26. The predicted molar refractivity (Wildman–Crippen MR) is 27.3 cm³/mol. The van der Waals surface area contributed by atoms with Gasteiger partial charge in [-0.1, -0.05) is 11.4 Å². The van der Waals surface area contributed by atoms with Crippen molar-refractivity contribution in [2.45, 2.75) is 0 Å². The summed E-state index contributed by atoms with van der Waals surface area (Å²) in [6.07, 6.45) is 0. The second-order valence-electron chi connectivity index (χ2n) is 0.583. The molecule has 0 aliphatic heterocycles. The summed E-state index contributed by atoms with van der Waals surface area (Å²) >= 11 is 0.148. The summed E-state index contributed by atoms with van der Waals surface area (Å²) in [4.78, 5) is 9.62. The minimum absolute atomic E-state index is 0.148. The average Bonchev–Trinajstić information content (AvgIpc) is 1.35. The molecule has 0 atom stereocenters. The molecule has 0 bridgehead atoms. The summed E-state index contributed by atoms with van der Waals surface area (Å²) in [7, 11) is 0. The van der Waals surface area contributed by atoms with Crippen molar-refractivity contribution in [2.24, 2.45) is 5.73 Å². The second-order valence-corrected chi connectivity index (χ2v) is 1.51. The van der Waals surface area contributed by atoms with E-state index in [1.54, 1.807) is 0 Å². The summed E-state index contributed by atoms with van der Waals surface area (Å²) in [5.74, 6) is 0. The lowest BCUT2D eigenvalue weighted by molar-refractivity contribution is 0.267. The third-order valence-electron chi connectivity index (χ3n) is 0.185.